The Balaban J connectivity index is 2.84. The van der Waals surface area contributed by atoms with Crippen LogP contribution in [0.3, 0.4) is 0 Å². The van der Waals surface area contributed by atoms with Crippen LogP contribution in [0.25, 0.3) is 0 Å². The Labute approximate surface area is 106 Å². The summed E-state index contributed by atoms with van der Waals surface area (Å²) in [5.41, 5.74) is -0.564. The Kier molecular flexibility index (Phi) is 4.74. The fourth-order valence-corrected chi connectivity index (χ4v) is 1.46. The third-order valence-corrected chi connectivity index (χ3v) is 3.61. The number of hydrogen-bond acceptors (Lipinski definition) is 6. The van der Waals surface area contributed by atoms with Gasteiger partial charge in [0.25, 0.3) is 0 Å². The van der Waals surface area contributed by atoms with E-state index in [4.69, 9.17) is 5.26 Å². The van der Waals surface area contributed by atoms with Crippen LogP contribution in [0.4, 0.5) is 11.5 Å². The monoisotopic (exact) mass is 268 g/mol. The molecule has 1 rings (SSSR count). The zero-order chi connectivity index (χ0) is 13.7. The fourth-order valence-electron chi connectivity index (χ4n) is 1.15. The van der Waals surface area contributed by atoms with Crippen LogP contribution < -0.4 is 5.32 Å². The van der Waals surface area contributed by atoms with Gasteiger partial charge in [0, 0.05) is 34.9 Å². The molecule has 18 heavy (non-hydrogen) atoms. The van der Waals surface area contributed by atoms with Gasteiger partial charge >= 0.3 is 5.69 Å². The van der Waals surface area contributed by atoms with Crippen molar-refractivity contribution < 1.29 is 9.13 Å². The predicted molar refractivity (Wildman–Crippen MR) is 67.6 cm³/mol. The molecule has 0 radical (unpaired) electrons. The Morgan fingerprint density at radius 3 is 2.83 bits per heavy atom. The third-order valence-electron chi connectivity index (χ3n) is 2.31. The van der Waals surface area contributed by atoms with E-state index in [1.807, 2.05) is 0 Å². The van der Waals surface area contributed by atoms with E-state index in [0.717, 1.165) is 0 Å². The average molecular weight is 268 g/mol. The maximum absolute atomic E-state index is 11.1. The number of nitriles is 1. The summed E-state index contributed by atoms with van der Waals surface area (Å²) in [6.45, 7) is 2.22. The van der Waals surface area contributed by atoms with Gasteiger partial charge in [0.05, 0.1) is 4.92 Å². The number of nitrogens with zero attached hydrogens (tertiary/aromatic N) is 3. The number of pyridine rings is 1. The van der Waals surface area contributed by atoms with E-state index in [-0.39, 0.29) is 16.6 Å². The van der Waals surface area contributed by atoms with E-state index in [2.05, 4.69) is 10.3 Å². The zero-order valence-electron chi connectivity index (χ0n) is 9.91. The molecular weight excluding hydrogens is 256 g/mol. The van der Waals surface area contributed by atoms with Crippen molar-refractivity contribution in [3.05, 3.63) is 27.9 Å². The van der Waals surface area contributed by atoms with Gasteiger partial charge < -0.3 is 5.32 Å². The second-order valence-electron chi connectivity index (χ2n) is 3.62. The van der Waals surface area contributed by atoms with E-state index >= 15 is 0 Å². The number of rotatable bonds is 5. The average Bonchev–Trinajstić information content (AvgIpc) is 2.34. The summed E-state index contributed by atoms with van der Waals surface area (Å²) >= 11 is 0. The molecular formula is C10H12N4O3S. The Morgan fingerprint density at radius 2 is 2.33 bits per heavy atom. The Bertz CT molecular complexity index is 526. The lowest BCUT2D eigenvalue weighted by Crippen LogP contribution is -2.21. The molecule has 7 nitrogen and oxygen atoms in total. The van der Waals surface area contributed by atoms with Crippen LogP contribution in [-0.4, -0.2) is 32.2 Å². The van der Waals surface area contributed by atoms with Gasteiger partial charge in [-0.15, -0.1) is 0 Å². The maximum Gasteiger partial charge on any atom is 0.305 e. The van der Waals surface area contributed by atoms with Crippen molar-refractivity contribution in [1.82, 2.24) is 4.98 Å². The van der Waals surface area contributed by atoms with Crippen LogP contribution in [0.2, 0.25) is 0 Å². The van der Waals surface area contributed by atoms with Crippen LogP contribution in [0.1, 0.15) is 12.6 Å². The number of nitro groups is 1. The first kappa shape index (κ1) is 14.1. The molecule has 0 aliphatic heterocycles. The highest BCUT2D eigenvalue weighted by Crippen LogP contribution is 2.18. The van der Waals surface area contributed by atoms with Crippen molar-refractivity contribution in [2.24, 2.45) is 0 Å². The van der Waals surface area contributed by atoms with Gasteiger partial charge in [0.2, 0.25) is 5.69 Å². The second-order valence-corrected chi connectivity index (χ2v) is 5.43. The zero-order valence-corrected chi connectivity index (χ0v) is 10.7. The van der Waals surface area contributed by atoms with Crippen molar-refractivity contribution in [2.75, 3.05) is 18.1 Å². The van der Waals surface area contributed by atoms with E-state index in [0.29, 0.717) is 12.4 Å². The fraction of sp³-hybridized carbons (Fsp3) is 0.400. The molecule has 0 bridgehead atoms. The summed E-state index contributed by atoms with van der Waals surface area (Å²) < 4.78 is 11.1. The molecule has 1 aromatic rings. The highest BCUT2D eigenvalue weighted by Gasteiger charge is 2.15. The van der Waals surface area contributed by atoms with Gasteiger partial charge in [0.1, 0.15) is 11.9 Å². The molecule has 0 aliphatic rings. The molecule has 8 heteroatoms. The minimum Gasteiger partial charge on any atom is -0.369 e. The van der Waals surface area contributed by atoms with Gasteiger partial charge in [-0.2, -0.15) is 5.26 Å². The number of aromatic nitrogens is 1. The lowest BCUT2D eigenvalue weighted by molar-refractivity contribution is -0.385. The van der Waals surface area contributed by atoms with Gasteiger partial charge in [-0.05, 0) is 13.0 Å². The Hall–Kier alpha value is -2.01. The largest absolute Gasteiger partial charge is 0.369 e. The molecule has 1 aromatic heterocycles. The topological polar surface area (TPSA) is 109 Å². The number of nitrogens with one attached hydrogen (secondary N) is 1. The lowest BCUT2D eigenvalue weighted by atomic mass is 10.3. The Morgan fingerprint density at radius 1 is 1.67 bits per heavy atom. The van der Waals surface area contributed by atoms with Crippen LogP contribution in [0.5, 0.6) is 0 Å². The molecule has 0 fully saturated rings. The van der Waals surface area contributed by atoms with Gasteiger partial charge in [0.15, 0.2) is 0 Å². The van der Waals surface area contributed by atoms with Gasteiger partial charge in [-0.1, -0.05) is 0 Å². The second kappa shape index (κ2) is 6.07. The number of hydrogen-bond donors (Lipinski definition) is 1. The van der Waals surface area contributed by atoms with Crippen LogP contribution in [0, 0.1) is 21.4 Å². The van der Waals surface area contributed by atoms with Crippen molar-refractivity contribution in [3.63, 3.8) is 0 Å². The molecule has 96 valence electrons. The first-order valence-corrected chi connectivity index (χ1v) is 6.69. The quantitative estimate of drug-likeness (QED) is 0.631. The predicted octanol–water partition coefficient (Wildman–Crippen LogP) is 1.04. The van der Waals surface area contributed by atoms with Crippen LogP contribution in [-0.2, 0) is 10.8 Å². The normalized spacial score (nSPS) is 13.4. The highest BCUT2D eigenvalue weighted by atomic mass is 32.2. The van der Waals surface area contributed by atoms with E-state index < -0.39 is 15.7 Å². The van der Waals surface area contributed by atoms with Crippen molar-refractivity contribution in [3.8, 4) is 6.07 Å². The molecule has 0 spiro atoms. The van der Waals surface area contributed by atoms with E-state index in [1.54, 1.807) is 19.2 Å². The standard InChI is InChI=1S/C10H12N4O3S/c1-7(18(2)17)6-12-10-4-3-9(14(15)16)8(5-11)13-10/h3-4,7H,6H2,1-2H3,(H,12,13). The molecule has 2 atom stereocenters. The highest BCUT2D eigenvalue weighted by molar-refractivity contribution is 7.84. The first-order valence-electron chi connectivity index (χ1n) is 5.07. The smallest absolute Gasteiger partial charge is 0.305 e. The molecule has 0 amide bonds. The minimum absolute atomic E-state index is 0.0764. The van der Waals surface area contributed by atoms with Crippen LogP contribution in [0.15, 0.2) is 12.1 Å². The van der Waals surface area contributed by atoms with Gasteiger partial charge in [-0.3, -0.25) is 14.3 Å². The van der Waals surface area contributed by atoms with Crippen molar-refractivity contribution in [2.45, 2.75) is 12.2 Å². The van der Waals surface area contributed by atoms with E-state index in [1.165, 1.54) is 12.1 Å². The molecule has 0 saturated carbocycles. The lowest BCUT2D eigenvalue weighted by Gasteiger charge is -2.10. The maximum atomic E-state index is 11.1. The SMILES string of the molecule is CC(CNc1ccc([N+](=O)[O-])c(C#N)n1)S(C)=O. The van der Waals surface area contributed by atoms with Crippen LogP contribution >= 0.6 is 0 Å². The molecule has 0 aromatic carbocycles. The summed E-state index contributed by atoms with van der Waals surface area (Å²) in [5, 5.41) is 22.2. The third kappa shape index (κ3) is 3.49. The summed E-state index contributed by atoms with van der Waals surface area (Å²) in [7, 11) is -0.966. The first-order chi connectivity index (χ1) is 8.45. The van der Waals surface area contributed by atoms with Gasteiger partial charge in [-0.25, -0.2) is 4.98 Å². The molecule has 1 N–H and O–H groups in total. The number of anilines is 1. The summed E-state index contributed by atoms with van der Waals surface area (Å²) in [5.74, 6) is 0.356. The van der Waals surface area contributed by atoms with Crippen molar-refractivity contribution in [1.29, 1.82) is 5.26 Å². The van der Waals surface area contributed by atoms with E-state index in [9.17, 15) is 14.3 Å². The molecule has 0 aliphatic carbocycles. The molecule has 2 unspecified atom stereocenters. The summed E-state index contributed by atoms with van der Waals surface area (Å²) in [6, 6.07) is 4.32. The summed E-state index contributed by atoms with van der Waals surface area (Å²) in [6.07, 6.45) is 1.59. The van der Waals surface area contributed by atoms with Crippen molar-refractivity contribution >= 4 is 22.3 Å². The molecule has 0 saturated heterocycles. The summed E-state index contributed by atoms with van der Waals surface area (Å²) in [4.78, 5) is 13.8. The molecule has 1 heterocycles. The minimum atomic E-state index is -0.966.